The number of likely N-dealkylation sites (tertiary alicyclic amines) is 1. The van der Waals surface area contributed by atoms with Crippen molar-refractivity contribution in [1.82, 2.24) is 4.90 Å². The number of hydrogen-bond acceptors (Lipinski definition) is 4. The van der Waals surface area contributed by atoms with Crippen LogP contribution in [0.3, 0.4) is 0 Å². The van der Waals surface area contributed by atoms with E-state index < -0.39 is 0 Å². The third-order valence-corrected chi connectivity index (χ3v) is 5.09. The second kappa shape index (κ2) is 6.94. The molecule has 2 rings (SSSR count). The second-order valence-electron chi connectivity index (χ2n) is 5.75. The Kier molecular flexibility index (Phi) is 5.49. The first-order valence-electron chi connectivity index (χ1n) is 7.25. The van der Waals surface area contributed by atoms with Gasteiger partial charge in [-0.1, -0.05) is 12.1 Å². The fraction of sp³-hybridized carbons (Fsp3) is 0.625. The van der Waals surface area contributed by atoms with Crippen LogP contribution in [0.4, 0.5) is 0 Å². The lowest BCUT2D eigenvalue weighted by Gasteiger charge is -2.43. The number of nitrogens with zero attached hydrogens (tertiary/aromatic N) is 1. The molecule has 0 aromatic heterocycles. The Morgan fingerprint density at radius 3 is 2.65 bits per heavy atom. The molecule has 0 aliphatic carbocycles. The van der Waals surface area contributed by atoms with Crippen LogP contribution in [0.5, 0.6) is 0 Å². The fourth-order valence-corrected chi connectivity index (χ4v) is 3.41. The van der Waals surface area contributed by atoms with E-state index in [0.29, 0.717) is 12.6 Å². The highest BCUT2D eigenvalue weighted by atomic mass is 32.2. The molecule has 1 saturated heterocycles. The number of benzene rings is 1. The predicted molar refractivity (Wildman–Crippen MR) is 86.2 cm³/mol. The van der Waals surface area contributed by atoms with Gasteiger partial charge in [0.1, 0.15) is 0 Å². The Bertz CT molecular complexity index is 423. The Morgan fingerprint density at radius 1 is 1.40 bits per heavy atom. The molecule has 0 saturated carbocycles. The van der Waals surface area contributed by atoms with Gasteiger partial charge in [0.05, 0.1) is 5.60 Å². The molecule has 1 aliphatic rings. The maximum absolute atomic E-state index is 6.05. The molecule has 0 radical (unpaired) electrons. The quantitative estimate of drug-likeness (QED) is 0.848. The highest BCUT2D eigenvalue weighted by Crippen LogP contribution is 2.30. The first-order valence-corrected chi connectivity index (χ1v) is 8.47. The summed E-state index contributed by atoms with van der Waals surface area (Å²) >= 11 is 1.77. The molecule has 2 atom stereocenters. The van der Waals surface area contributed by atoms with Gasteiger partial charge >= 0.3 is 0 Å². The van der Waals surface area contributed by atoms with Gasteiger partial charge in [-0.15, -0.1) is 11.8 Å². The lowest BCUT2D eigenvalue weighted by atomic mass is 9.92. The van der Waals surface area contributed by atoms with Gasteiger partial charge in [-0.3, -0.25) is 4.90 Å². The Balaban J connectivity index is 2.14. The van der Waals surface area contributed by atoms with Crippen molar-refractivity contribution in [2.75, 3.05) is 33.0 Å². The zero-order valence-corrected chi connectivity index (χ0v) is 13.6. The van der Waals surface area contributed by atoms with Crippen molar-refractivity contribution in [3.05, 3.63) is 29.8 Å². The maximum Gasteiger partial charge on any atom is 0.0777 e. The Labute approximate surface area is 126 Å². The van der Waals surface area contributed by atoms with Crippen LogP contribution in [-0.4, -0.2) is 43.5 Å². The average molecular weight is 294 g/mol. The van der Waals surface area contributed by atoms with Gasteiger partial charge < -0.3 is 10.5 Å². The van der Waals surface area contributed by atoms with Crippen LogP contribution in [0.2, 0.25) is 0 Å². The van der Waals surface area contributed by atoms with E-state index in [-0.39, 0.29) is 5.60 Å². The molecular formula is C16H26N2OS. The number of nitrogens with two attached hydrogens (primary N) is 1. The highest BCUT2D eigenvalue weighted by molar-refractivity contribution is 7.98. The molecule has 0 bridgehead atoms. The summed E-state index contributed by atoms with van der Waals surface area (Å²) in [6.45, 7) is 4.91. The molecule has 0 spiro atoms. The Hall–Kier alpha value is -0.550. The van der Waals surface area contributed by atoms with E-state index in [1.165, 1.54) is 16.9 Å². The first-order chi connectivity index (χ1) is 9.61. The molecule has 0 amide bonds. The summed E-state index contributed by atoms with van der Waals surface area (Å²) < 4.78 is 5.69. The minimum Gasteiger partial charge on any atom is -0.377 e. The van der Waals surface area contributed by atoms with E-state index in [1.807, 2.05) is 7.11 Å². The van der Waals surface area contributed by atoms with Crippen LogP contribution >= 0.6 is 11.8 Å². The van der Waals surface area contributed by atoms with Crippen molar-refractivity contribution in [3.63, 3.8) is 0 Å². The van der Waals surface area contributed by atoms with Crippen molar-refractivity contribution in [2.24, 2.45) is 5.73 Å². The van der Waals surface area contributed by atoms with Gasteiger partial charge in [-0.2, -0.15) is 0 Å². The molecule has 1 aliphatic heterocycles. The average Bonchev–Trinajstić information content (AvgIpc) is 2.49. The van der Waals surface area contributed by atoms with Crippen LogP contribution in [0, 0.1) is 0 Å². The lowest BCUT2D eigenvalue weighted by Crippen LogP contribution is -2.49. The van der Waals surface area contributed by atoms with Gasteiger partial charge in [0.25, 0.3) is 0 Å². The Morgan fingerprint density at radius 2 is 2.10 bits per heavy atom. The van der Waals surface area contributed by atoms with Crippen molar-refractivity contribution in [2.45, 2.75) is 36.3 Å². The maximum atomic E-state index is 6.05. The van der Waals surface area contributed by atoms with Crippen molar-refractivity contribution in [3.8, 4) is 0 Å². The fourth-order valence-electron chi connectivity index (χ4n) is 3.00. The minimum absolute atomic E-state index is 0.0368. The van der Waals surface area contributed by atoms with Gasteiger partial charge in [0, 0.05) is 31.1 Å². The summed E-state index contributed by atoms with van der Waals surface area (Å²) in [4.78, 5) is 3.77. The predicted octanol–water partition coefficient (Wildman–Crippen LogP) is 2.91. The van der Waals surface area contributed by atoms with Crippen LogP contribution in [0.1, 0.15) is 31.4 Å². The van der Waals surface area contributed by atoms with Gasteiger partial charge in [-0.05, 0) is 50.3 Å². The molecule has 3 nitrogen and oxygen atoms in total. The largest absolute Gasteiger partial charge is 0.377 e. The molecule has 2 unspecified atom stereocenters. The molecule has 4 heteroatoms. The molecule has 2 N–H and O–H groups in total. The molecular weight excluding hydrogens is 268 g/mol. The van der Waals surface area contributed by atoms with E-state index in [1.54, 1.807) is 11.8 Å². The van der Waals surface area contributed by atoms with Crippen molar-refractivity contribution in [1.29, 1.82) is 0 Å². The van der Waals surface area contributed by atoms with Crippen LogP contribution in [0.25, 0.3) is 0 Å². The van der Waals surface area contributed by atoms with Crippen LogP contribution < -0.4 is 5.73 Å². The summed E-state index contributed by atoms with van der Waals surface area (Å²) in [6.07, 6.45) is 4.40. The van der Waals surface area contributed by atoms with E-state index in [0.717, 1.165) is 19.5 Å². The van der Waals surface area contributed by atoms with Crippen molar-refractivity contribution < 1.29 is 4.74 Å². The molecule has 112 valence electrons. The van der Waals surface area contributed by atoms with Gasteiger partial charge in [-0.25, -0.2) is 0 Å². The molecule has 1 aromatic carbocycles. The van der Waals surface area contributed by atoms with Crippen LogP contribution in [0.15, 0.2) is 29.2 Å². The van der Waals surface area contributed by atoms with Crippen LogP contribution in [-0.2, 0) is 4.74 Å². The number of methoxy groups -OCH3 is 1. The van der Waals surface area contributed by atoms with E-state index in [9.17, 15) is 0 Å². The summed E-state index contributed by atoms with van der Waals surface area (Å²) in [5, 5.41) is 0. The summed E-state index contributed by atoms with van der Waals surface area (Å²) in [5.41, 5.74) is 7.32. The monoisotopic (exact) mass is 294 g/mol. The molecule has 1 heterocycles. The zero-order valence-electron chi connectivity index (χ0n) is 12.8. The van der Waals surface area contributed by atoms with E-state index in [2.05, 4.69) is 42.3 Å². The topological polar surface area (TPSA) is 38.5 Å². The number of ether oxygens (including phenoxy) is 1. The van der Waals surface area contributed by atoms with E-state index in [4.69, 9.17) is 10.5 Å². The van der Waals surface area contributed by atoms with Gasteiger partial charge in [0.15, 0.2) is 0 Å². The van der Waals surface area contributed by atoms with E-state index >= 15 is 0 Å². The number of thioether (sulfide) groups is 1. The standard InChI is InChI=1S/C16H26N2OS/c1-16(19-2)9-4-10-18(12-16)15(11-17)13-5-7-14(20-3)8-6-13/h5-8,15H,4,9-12,17H2,1-3H3. The third-order valence-electron chi connectivity index (χ3n) is 4.35. The summed E-state index contributed by atoms with van der Waals surface area (Å²) in [5.74, 6) is 0. The van der Waals surface area contributed by atoms with Crippen molar-refractivity contribution >= 4 is 11.8 Å². The molecule has 20 heavy (non-hydrogen) atoms. The number of hydrogen-bond donors (Lipinski definition) is 1. The zero-order chi connectivity index (χ0) is 14.6. The second-order valence-corrected chi connectivity index (χ2v) is 6.63. The third kappa shape index (κ3) is 3.55. The SMILES string of the molecule is COC1(C)CCCN(C(CN)c2ccc(SC)cc2)C1. The smallest absolute Gasteiger partial charge is 0.0777 e. The summed E-state index contributed by atoms with van der Waals surface area (Å²) in [6, 6.07) is 9.08. The molecule has 1 fully saturated rings. The minimum atomic E-state index is -0.0368. The highest BCUT2D eigenvalue weighted by Gasteiger charge is 2.33. The lowest BCUT2D eigenvalue weighted by molar-refractivity contribution is -0.0608. The normalized spacial score (nSPS) is 25.6. The number of piperidine rings is 1. The first kappa shape index (κ1) is 15.8. The molecule has 1 aromatic rings. The number of rotatable bonds is 5. The summed E-state index contributed by atoms with van der Waals surface area (Å²) in [7, 11) is 1.81. The van der Waals surface area contributed by atoms with Gasteiger partial charge in [0.2, 0.25) is 0 Å².